The van der Waals surface area contributed by atoms with E-state index in [-0.39, 0.29) is 0 Å². The maximum Gasteiger partial charge on any atom is 0.140 e. The van der Waals surface area contributed by atoms with Crippen molar-refractivity contribution >= 4 is 33.3 Å². The highest BCUT2D eigenvalue weighted by atomic mass is 79.9. The molecule has 16 heavy (non-hydrogen) atoms. The molecule has 0 fully saturated rings. The number of halogens is 2. The van der Waals surface area contributed by atoms with E-state index < -0.39 is 0 Å². The van der Waals surface area contributed by atoms with Crippen molar-refractivity contribution in [2.75, 3.05) is 5.32 Å². The maximum atomic E-state index is 5.84. The summed E-state index contributed by atoms with van der Waals surface area (Å²) < 4.78 is 0.919. The number of aromatic nitrogens is 1. The van der Waals surface area contributed by atoms with Gasteiger partial charge in [0.15, 0.2) is 0 Å². The Hall–Kier alpha value is -0.280. The van der Waals surface area contributed by atoms with Crippen LogP contribution in [0.4, 0.5) is 5.82 Å². The van der Waals surface area contributed by atoms with Crippen molar-refractivity contribution in [3.05, 3.63) is 21.8 Å². The predicted octanol–water partition coefficient (Wildman–Crippen LogP) is 4.88. The summed E-state index contributed by atoms with van der Waals surface area (Å²) in [4.78, 5) is 4.26. The number of rotatable bonds is 6. The topological polar surface area (TPSA) is 24.9 Å². The van der Waals surface area contributed by atoms with Crippen molar-refractivity contribution in [1.29, 1.82) is 0 Å². The summed E-state index contributed by atoms with van der Waals surface area (Å²) in [7, 11) is 0. The lowest BCUT2D eigenvalue weighted by molar-refractivity contribution is 0.613. The van der Waals surface area contributed by atoms with E-state index in [0.717, 1.165) is 10.3 Å². The van der Waals surface area contributed by atoms with Crippen LogP contribution in [0.15, 0.2) is 16.7 Å². The molecular formula is C12H18BrClN2. The third-order valence-electron chi connectivity index (χ3n) is 2.43. The molecule has 1 atom stereocenters. The van der Waals surface area contributed by atoms with Crippen molar-refractivity contribution in [1.82, 2.24) is 4.98 Å². The molecule has 0 aliphatic carbocycles. The molecule has 1 heterocycles. The lowest BCUT2D eigenvalue weighted by Gasteiger charge is -2.15. The Kier molecular flexibility index (Phi) is 6.14. The molecule has 0 saturated carbocycles. The Labute approximate surface area is 111 Å². The molecule has 0 bridgehead atoms. The van der Waals surface area contributed by atoms with Gasteiger partial charge >= 0.3 is 0 Å². The highest BCUT2D eigenvalue weighted by Crippen LogP contribution is 2.24. The average molecular weight is 306 g/mol. The fraction of sp³-hybridized carbons (Fsp3) is 0.583. The summed E-state index contributed by atoms with van der Waals surface area (Å²) in [5.41, 5.74) is 0. The van der Waals surface area contributed by atoms with Crippen LogP contribution in [0.2, 0.25) is 5.02 Å². The smallest absolute Gasteiger partial charge is 0.140 e. The Morgan fingerprint density at radius 2 is 2.25 bits per heavy atom. The molecule has 1 aromatic rings. The van der Waals surface area contributed by atoms with Gasteiger partial charge in [0, 0.05) is 12.2 Å². The molecule has 0 saturated heterocycles. The van der Waals surface area contributed by atoms with Gasteiger partial charge in [0.25, 0.3) is 0 Å². The molecule has 0 radical (unpaired) electrons. The molecule has 0 aliphatic rings. The molecule has 1 unspecified atom stereocenters. The largest absolute Gasteiger partial charge is 0.367 e. The van der Waals surface area contributed by atoms with Crippen LogP contribution >= 0.6 is 27.5 Å². The van der Waals surface area contributed by atoms with Crippen LogP contribution in [0, 0.1) is 0 Å². The first-order valence-corrected chi connectivity index (χ1v) is 6.88. The van der Waals surface area contributed by atoms with Gasteiger partial charge in [-0.1, -0.05) is 37.8 Å². The van der Waals surface area contributed by atoms with Crippen LogP contribution in [-0.2, 0) is 0 Å². The van der Waals surface area contributed by atoms with Crippen molar-refractivity contribution in [2.45, 2.75) is 45.6 Å². The minimum absolute atomic E-state index is 0.441. The van der Waals surface area contributed by atoms with Crippen LogP contribution < -0.4 is 5.32 Å². The molecule has 0 aromatic carbocycles. The number of anilines is 1. The van der Waals surface area contributed by atoms with Gasteiger partial charge in [0.2, 0.25) is 0 Å². The van der Waals surface area contributed by atoms with E-state index in [9.17, 15) is 0 Å². The number of unbranched alkanes of at least 4 members (excludes halogenated alkanes) is 2. The first-order valence-electron chi connectivity index (χ1n) is 5.71. The van der Waals surface area contributed by atoms with E-state index >= 15 is 0 Å². The average Bonchev–Trinajstić information content (AvgIpc) is 2.23. The zero-order chi connectivity index (χ0) is 12.0. The summed E-state index contributed by atoms with van der Waals surface area (Å²) in [5.74, 6) is 0.869. The van der Waals surface area contributed by atoms with Gasteiger partial charge in [-0.05, 0) is 35.3 Å². The van der Waals surface area contributed by atoms with E-state index in [0.29, 0.717) is 11.1 Å². The van der Waals surface area contributed by atoms with Gasteiger partial charge in [-0.25, -0.2) is 4.98 Å². The number of nitrogens with one attached hydrogen (secondary N) is 1. The lowest BCUT2D eigenvalue weighted by atomic mass is 10.1. The van der Waals surface area contributed by atoms with Gasteiger partial charge in [0.05, 0.1) is 9.50 Å². The van der Waals surface area contributed by atoms with E-state index in [4.69, 9.17) is 11.6 Å². The van der Waals surface area contributed by atoms with Gasteiger partial charge < -0.3 is 5.32 Å². The Balaban J connectivity index is 2.46. The second kappa shape index (κ2) is 7.13. The van der Waals surface area contributed by atoms with Crippen LogP contribution in [0.25, 0.3) is 0 Å². The van der Waals surface area contributed by atoms with Gasteiger partial charge in [-0.15, -0.1) is 0 Å². The van der Waals surface area contributed by atoms with Gasteiger partial charge in [-0.3, -0.25) is 0 Å². The first kappa shape index (κ1) is 13.8. The lowest BCUT2D eigenvalue weighted by Crippen LogP contribution is -2.16. The third kappa shape index (κ3) is 4.71. The maximum absolute atomic E-state index is 5.84. The normalized spacial score (nSPS) is 12.5. The predicted molar refractivity (Wildman–Crippen MR) is 74.2 cm³/mol. The molecule has 0 spiro atoms. The summed E-state index contributed by atoms with van der Waals surface area (Å²) >= 11 is 9.28. The van der Waals surface area contributed by atoms with E-state index in [1.165, 1.54) is 25.7 Å². The van der Waals surface area contributed by atoms with E-state index in [1.54, 1.807) is 6.20 Å². The van der Waals surface area contributed by atoms with Crippen LogP contribution in [-0.4, -0.2) is 11.0 Å². The van der Waals surface area contributed by atoms with Crippen molar-refractivity contribution in [3.8, 4) is 0 Å². The molecule has 1 aromatic heterocycles. The molecular weight excluding hydrogens is 288 g/mol. The van der Waals surface area contributed by atoms with E-state index in [1.807, 2.05) is 6.07 Å². The van der Waals surface area contributed by atoms with Crippen LogP contribution in [0.1, 0.15) is 39.5 Å². The quantitative estimate of drug-likeness (QED) is 0.758. The summed E-state index contributed by atoms with van der Waals surface area (Å²) in [6.07, 6.45) is 6.64. The molecule has 1 N–H and O–H groups in total. The molecule has 1 rings (SSSR count). The minimum Gasteiger partial charge on any atom is -0.367 e. The monoisotopic (exact) mass is 304 g/mol. The Bertz CT molecular complexity index is 331. The highest BCUT2D eigenvalue weighted by molar-refractivity contribution is 9.10. The summed E-state index contributed by atoms with van der Waals surface area (Å²) in [6.45, 7) is 4.40. The zero-order valence-corrected chi connectivity index (χ0v) is 12.1. The Morgan fingerprint density at radius 3 is 2.88 bits per heavy atom. The highest BCUT2D eigenvalue weighted by Gasteiger charge is 2.06. The molecule has 4 heteroatoms. The standard InChI is InChI=1S/C12H18BrClN2/c1-3-4-5-6-9(2)16-12-11(13)7-10(14)8-15-12/h7-9H,3-6H2,1-2H3,(H,15,16). The summed E-state index contributed by atoms with van der Waals surface area (Å²) in [6, 6.07) is 2.30. The zero-order valence-electron chi connectivity index (χ0n) is 9.76. The minimum atomic E-state index is 0.441. The number of hydrogen-bond acceptors (Lipinski definition) is 2. The number of hydrogen-bond donors (Lipinski definition) is 1. The second-order valence-electron chi connectivity index (χ2n) is 4.03. The number of pyridine rings is 1. The Morgan fingerprint density at radius 1 is 1.50 bits per heavy atom. The van der Waals surface area contributed by atoms with Crippen molar-refractivity contribution in [3.63, 3.8) is 0 Å². The molecule has 0 amide bonds. The summed E-state index contributed by atoms with van der Waals surface area (Å²) in [5, 5.41) is 4.03. The van der Waals surface area contributed by atoms with Gasteiger partial charge in [0.1, 0.15) is 5.82 Å². The second-order valence-corrected chi connectivity index (χ2v) is 5.32. The van der Waals surface area contributed by atoms with Gasteiger partial charge in [-0.2, -0.15) is 0 Å². The fourth-order valence-electron chi connectivity index (χ4n) is 1.53. The first-order chi connectivity index (χ1) is 7.63. The SMILES string of the molecule is CCCCCC(C)Nc1ncc(Cl)cc1Br. The van der Waals surface area contributed by atoms with Crippen LogP contribution in [0.3, 0.4) is 0 Å². The third-order valence-corrected chi connectivity index (χ3v) is 3.24. The van der Waals surface area contributed by atoms with Crippen LogP contribution in [0.5, 0.6) is 0 Å². The number of nitrogens with zero attached hydrogens (tertiary/aromatic N) is 1. The fourth-order valence-corrected chi connectivity index (χ4v) is 2.28. The van der Waals surface area contributed by atoms with E-state index in [2.05, 4.69) is 40.1 Å². The molecule has 0 aliphatic heterocycles. The van der Waals surface area contributed by atoms with Crippen molar-refractivity contribution < 1.29 is 0 Å². The molecule has 90 valence electrons. The van der Waals surface area contributed by atoms with Crippen molar-refractivity contribution in [2.24, 2.45) is 0 Å². The molecule has 2 nitrogen and oxygen atoms in total.